The van der Waals surface area contributed by atoms with E-state index in [-0.39, 0.29) is 17.8 Å². The van der Waals surface area contributed by atoms with Gasteiger partial charge in [0.2, 0.25) is 0 Å². The molecule has 0 aromatic heterocycles. The van der Waals surface area contributed by atoms with E-state index in [4.69, 9.17) is 9.84 Å². The number of aliphatic carboxylic acids is 1. The molecule has 0 atom stereocenters. The summed E-state index contributed by atoms with van der Waals surface area (Å²) < 4.78 is 5.01. The van der Waals surface area contributed by atoms with Crippen LogP contribution in [0, 0.1) is 10.1 Å². The number of carboxylic acids is 1. The van der Waals surface area contributed by atoms with Crippen LogP contribution in [0.15, 0.2) is 18.2 Å². The Kier molecular flexibility index (Phi) is 4.31. The molecule has 0 heterocycles. The number of rotatable bonds is 6. The Hall–Kier alpha value is -2.31. The summed E-state index contributed by atoms with van der Waals surface area (Å²) in [7, 11) is 1.45. The average molecular weight is 268 g/mol. The van der Waals surface area contributed by atoms with Crippen molar-refractivity contribution in [1.82, 2.24) is 0 Å². The molecule has 2 N–H and O–H groups in total. The van der Waals surface area contributed by atoms with Gasteiger partial charge in [0.25, 0.3) is 5.69 Å². The summed E-state index contributed by atoms with van der Waals surface area (Å²) in [6.07, 6.45) is -0.165. The van der Waals surface area contributed by atoms with Crippen LogP contribution in [-0.4, -0.2) is 28.6 Å². The van der Waals surface area contributed by atoms with Gasteiger partial charge in [-0.05, 0) is 19.9 Å². The van der Waals surface area contributed by atoms with Crippen molar-refractivity contribution < 1.29 is 19.6 Å². The van der Waals surface area contributed by atoms with Crippen molar-refractivity contribution in [3.8, 4) is 5.75 Å². The number of nitro benzene ring substituents is 1. The Morgan fingerprint density at radius 2 is 2.16 bits per heavy atom. The number of carboxylic acid groups (broad SMARTS) is 1. The minimum absolute atomic E-state index is 0.126. The molecular weight excluding hydrogens is 252 g/mol. The third-order valence-electron chi connectivity index (χ3n) is 2.47. The van der Waals surface area contributed by atoms with Crippen LogP contribution in [0.1, 0.15) is 20.3 Å². The number of hydrogen-bond donors (Lipinski definition) is 2. The monoisotopic (exact) mass is 268 g/mol. The standard InChI is InChI=1S/C12H16N2O5/c1-12(2,7-11(15)16)13-9-6-8(19-3)4-5-10(9)14(17)18/h4-6,13H,7H2,1-3H3,(H,15,16). The predicted octanol–water partition coefficient (Wildman–Crippen LogP) is 2.27. The maximum Gasteiger partial charge on any atom is 0.305 e. The molecule has 0 spiro atoms. The second-order valence-electron chi connectivity index (χ2n) is 4.72. The molecule has 7 nitrogen and oxygen atoms in total. The zero-order valence-corrected chi connectivity index (χ0v) is 11.0. The highest BCUT2D eigenvalue weighted by Crippen LogP contribution is 2.31. The van der Waals surface area contributed by atoms with Gasteiger partial charge in [-0.25, -0.2) is 0 Å². The van der Waals surface area contributed by atoms with Crippen LogP contribution in [0.4, 0.5) is 11.4 Å². The van der Waals surface area contributed by atoms with Gasteiger partial charge >= 0.3 is 5.97 Å². The second kappa shape index (κ2) is 5.55. The smallest absolute Gasteiger partial charge is 0.305 e. The molecule has 0 radical (unpaired) electrons. The number of benzene rings is 1. The van der Waals surface area contributed by atoms with Gasteiger partial charge in [0.1, 0.15) is 11.4 Å². The van der Waals surface area contributed by atoms with E-state index in [1.165, 1.54) is 25.3 Å². The van der Waals surface area contributed by atoms with Crippen LogP contribution < -0.4 is 10.1 Å². The largest absolute Gasteiger partial charge is 0.497 e. The highest BCUT2D eigenvalue weighted by Gasteiger charge is 2.25. The topological polar surface area (TPSA) is 102 Å². The molecule has 0 aliphatic carbocycles. The molecule has 19 heavy (non-hydrogen) atoms. The van der Waals surface area contributed by atoms with Gasteiger partial charge in [0, 0.05) is 17.7 Å². The van der Waals surface area contributed by atoms with Crippen molar-refractivity contribution in [1.29, 1.82) is 0 Å². The molecule has 0 unspecified atom stereocenters. The number of nitrogens with one attached hydrogen (secondary N) is 1. The van der Waals surface area contributed by atoms with E-state index in [1.54, 1.807) is 13.8 Å². The van der Waals surface area contributed by atoms with E-state index in [0.717, 1.165) is 0 Å². The Bertz CT molecular complexity index is 499. The van der Waals surface area contributed by atoms with Crippen molar-refractivity contribution in [3.05, 3.63) is 28.3 Å². The summed E-state index contributed by atoms with van der Waals surface area (Å²) in [6, 6.07) is 4.27. The van der Waals surface area contributed by atoms with E-state index in [1.807, 2.05) is 0 Å². The summed E-state index contributed by atoms with van der Waals surface area (Å²) in [6.45, 7) is 3.31. The third-order valence-corrected chi connectivity index (χ3v) is 2.47. The molecule has 1 aromatic carbocycles. The summed E-state index contributed by atoms with van der Waals surface area (Å²) in [5, 5.41) is 22.6. The minimum atomic E-state index is -0.983. The first-order valence-corrected chi connectivity index (χ1v) is 5.57. The fourth-order valence-corrected chi connectivity index (χ4v) is 1.69. The number of methoxy groups -OCH3 is 1. The fraction of sp³-hybridized carbons (Fsp3) is 0.417. The molecule has 1 aromatic rings. The molecule has 0 fully saturated rings. The quantitative estimate of drug-likeness (QED) is 0.606. The van der Waals surface area contributed by atoms with Gasteiger partial charge in [-0.3, -0.25) is 14.9 Å². The van der Waals surface area contributed by atoms with Crippen molar-refractivity contribution in [2.75, 3.05) is 12.4 Å². The Morgan fingerprint density at radius 1 is 1.53 bits per heavy atom. The second-order valence-corrected chi connectivity index (χ2v) is 4.72. The van der Waals surface area contributed by atoms with E-state index in [0.29, 0.717) is 5.75 Å². The third kappa shape index (κ3) is 4.13. The summed E-state index contributed by atoms with van der Waals surface area (Å²) in [5.41, 5.74) is -0.710. The van der Waals surface area contributed by atoms with Crippen LogP contribution in [0.25, 0.3) is 0 Å². The lowest BCUT2D eigenvalue weighted by atomic mass is 10.00. The first-order valence-electron chi connectivity index (χ1n) is 5.57. The number of hydrogen-bond acceptors (Lipinski definition) is 5. The lowest BCUT2D eigenvalue weighted by Crippen LogP contribution is -2.33. The minimum Gasteiger partial charge on any atom is -0.497 e. The lowest BCUT2D eigenvalue weighted by Gasteiger charge is -2.25. The molecule has 0 aliphatic heterocycles. The summed E-state index contributed by atoms with van der Waals surface area (Å²) in [4.78, 5) is 21.2. The van der Waals surface area contributed by atoms with Crippen LogP contribution >= 0.6 is 0 Å². The normalized spacial score (nSPS) is 10.9. The highest BCUT2D eigenvalue weighted by atomic mass is 16.6. The van der Waals surface area contributed by atoms with Crippen LogP contribution in [-0.2, 0) is 4.79 Å². The number of carbonyl (C=O) groups is 1. The van der Waals surface area contributed by atoms with Gasteiger partial charge < -0.3 is 15.2 Å². The zero-order chi connectivity index (χ0) is 14.6. The van der Waals surface area contributed by atoms with E-state index in [9.17, 15) is 14.9 Å². The first-order chi connectivity index (χ1) is 8.75. The Labute approximate surface area is 110 Å². The molecule has 7 heteroatoms. The molecular formula is C12H16N2O5. The molecule has 0 bridgehead atoms. The Morgan fingerprint density at radius 3 is 2.63 bits per heavy atom. The van der Waals surface area contributed by atoms with E-state index in [2.05, 4.69) is 5.32 Å². The summed E-state index contributed by atoms with van der Waals surface area (Å²) >= 11 is 0. The predicted molar refractivity (Wildman–Crippen MR) is 69.6 cm³/mol. The fourth-order valence-electron chi connectivity index (χ4n) is 1.69. The number of nitro groups is 1. The maximum absolute atomic E-state index is 10.9. The van der Waals surface area contributed by atoms with Crippen LogP contribution in [0.3, 0.4) is 0 Å². The zero-order valence-electron chi connectivity index (χ0n) is 11.0. The van der Waals surface area contributed by atoms with Gasteiger partial charge in [-0.2, -0.15) is 0 Å². The van der Waals surface area contributed by atoms with Crippen molar-refractivity contribution >= 4 is 17.3 Å². The van der Waals surface area contributed by atoms with Crippen molar-refractivity contribution in [3.63, 3.8) is 0 Å². The maximum atomic E-state index is 10.9. The van der Waals surface area contributed by atoms with Crippen molar-refractivity contribution in [2.45, 2.75) is 25.8 Å². The molecule has 0 saturated carbocycles. The lowest BCUT2D eigenvalue weighted by molar-refractivity contribution is -0.384. The van der Waals surface area contributed by atoms with Gasteiger partial charge in [-0.1, -0.05) is 0 Å². The van der Waals surface area contributed by atoms with Crippen LogP contribution in [0.5, 0.6) is 5.75 Å². The highest BCUT2D eigenvalue weighted by molar-refractivity contribution is 5.71. The van der Waals surface area contributed by atoms with E-state index < -0.39 is 16.4 Å². The molecule has 104 valence electrons. The first kappa shape index (κ1) is 14.7. The van der Waals surface area contributed by atoms with Gasteiger partial charge in [0.05, 0.1) is 18.5 Å². The molecule has 0 aliphatic rings. The van der Waals surface area contributed by atoms with E-state index >= 15 is 0 Å². The van der Waals surface area contributed by atoms with Gasteiger partial charge in [0.15, 0.2) is 0 Å². The van der Waals surface area contributed by atoms with Crippen molar-refractivity contribution in [2.24, 2.45) is 0 Å². The molecule has 0 amide bonds. The summed E-state index contributed by atoms with van der Waals surface area (Å²) in [5.74, 6) is -0.526. The SMILES string of the molecule is COc1ccc([N+](=O)[O-])c(NC(C)(C)CC(=O)O)c1. The number of ether oxygens (including phenoxy) is 1. The number of anilines is 1. The average Bonchev–Trinajstić information content (AvgIpc) is 2.25. The van der Waals surface area contributed by atoms with Gasteiger partial charge in [-0.15, -0.1) is 0 Å². The molecule has 1 rings (SSSR count). The Balaban J connectivity index is 3.10. The van der Waals surface area contributed by atoms with Crippen LogP contribution in [0.2, 0.25) is 0 Å². The molecule has 0 saturated heterocycles. The number of nitrogens with zero attached hydrogens (tertiary/aromatic N) is 1.